The number of thiophene rings is 1. The molecule has 0 saturated carbocycles. The predicted octanol–water partition coefficient (Wildman–Crippen LogP) is 3.39. The summed E-state index contributed by atoms with van der Waals surface area (Å²) in [4.78, 5) is 13.9. The van der Waals surface area contributed by atoms with Crippen molar-refractivity contribution >= 4 is 39.2 Å². The van der Waals surface area contributed by atoms with Crippen molar-refractivity contribution in [1.82, 2.24) is 4.90 Å². The standard InChI is InChI=1S/C14H17NO2S2/c1-15(2)7-8-18-9-11-10-5-3-4-6-12(10)19-13(11)14(16)17/h3-6H,7-9H2,1-2H3,(H,16,17). The molecule has 5 heteroatoms. The summed E-state index contributed by atoms with van der Waals surface area (Å²) < 4.78 is 1.06. The fraction of sp³-hybridized carbons (Fsp3) is 0.357. The average molecular weight is 295 g/mol. The van der Waals surface area contributed by atoms with E-state index in [0.29, 0.717) is 4.88 Å². The third-order valence-electron chi connectivity index (χ3n) is 2.82. The van der Waals surface area contributed by atoms with Crippen LogP contribution in [-0.4, -0.2) is 42.4 Å². The van der Waals surface area contributed by atoms with Gasteiger partial charge < -0.3 is 10.0 Å². The van der Waals surface area contributed by atoms with E-state index in [-0.39, 0.29) is 0 Å². The van der Waals surface area contributed by atoms with Crippen LogP contribution in [0.5, 0.6) is 0 Å². The van der Waals surface area contributed by atoms with Crippen LogP contribution in [0.15, 0.2) is 24.3 Å². The fourth-order valence-electron chi connectivity index (χ4n) is 1.84. The minimum atomic E-state index is -0.815. The molecule has 1 heterocycles. The van der Waals surface area contributed by atoms with Crippen LogP contribution in [0.25, 0.3) is 10.1 Å². The summed E-state index contributed by atoms with van der Waals surface area (Å²) in [5, 5.41) is 10.4. The quantitative estimate of drug-likeness (QED) is 0.829. The summed E-state index contributed by atoms with van der Waals surface area (Å²) in [5.74, 6) is 0.958. The van der Waals surface area contributed by atoms with Crippen molar-refractivity contribution in [2.45, 2.75) is 5.75 Å². The molecule has 102 valence electrons. The van der Waals surface area contributed by atoms with E-state index in [4.69, 9.17) is 0 Å². The van der Waals surface area contributed by atoms with Crippen molar-refractivity contribution in [3.05, 3.63) is 34.7 Å². The van der Waals surface area contributed by atoms with Crippen molar-refractivity contribution < 1.29 is 9.90 Å². The van der Waals surface area contributed by atoms with Crippen molar-refractivity contribution in [1.29, 1.82) is 0 Å². The number of benzene rings is 1. The Labute approximate surface area is 121 Å². The van der Waals surface area contributed by atoms with Crippen LogP contribution in [-0.2, 0) is 5.75 Å². The van der Waals surface area contributed by atoms with Gasteiger partial charge in [0.1, 0.15) is 4.88 Å². The van der Waals surface area contributed by atoms with Crippen molar-refractivity contribution in [3.63, 3.8) is 0 Å². The van der Waals surface area contributed by atoms with E-state index in [2.05, 4.69) is 4.90 Å². The normalized spacial score (nSPS) is 11.3. The number of fused-ring (bicyclic) bond motifs is 1. The van der Waals surface area contributed by atoms with Crippen molar-refractivity contribution in [2.75, 3.05) is 26.4 Å². The second kappa shape index (κ2) is 6.41. The van der Waals surface area contributed by atoms with Crippen LogP contribution in [0.2, 0.25) is 0 Å². The molecular formula is C14H17NO2S2. The number of aromatic carboxylic acids is 1. The zero-order chi connectivity index (χ0) is 13.8. The highest BCUT2D eigenvalue weighted by Gasteiger charge is 2.17. The number of carboxylic acid groups (broad SMARTS) is 1. The Balaban J connectivity index is 2.19. The van der Waals surface area contributed by atoms with Crippen LogP contribution in [0, 0.1) is 0 Å². The highest BCUT2D eigenvalue weighted by atomic mass is 32.2. The molecule has 0 aliphatic rings. The van der Waals surface area contributed by atoms with Crippen LogP contribution >= 0.6 is 23.1 Å². The maximum Gasteiger partial charge on any atom is 0.346 e. The lowest BCUT2D eigenvalue weighted by molar-refractivity contribution is 0.0701. The van der Waals surface area contributed by atoms with Gasteiger partial charge in [0.25, 0.3) is 0 Å². The Morgan fingerprint density at radius 2 is 2.11 bits per heavy atom. The van der Waals surface area contributed by atoms with E-state index >= 15 is 0 Å². The predicted molar refractivity (Wildman–Crippen MR) is 83.5 cm³/mol. The van der Waals surface area contributed by atoms with Gasteiger partial charge in [0.15, 0.2) is 0 Å². The minimum absolute atomic E-state index is 0.485. The number of carbonyl (C=O) groups is 1. The van der Waals surface area contributed by atoms with Gasteiger partial charge in [-0.3, -0.25) is 0 Å². The first-order chi connectivity index (χ1) is 9.09. The Hall–Kier alpha value is -1.04. The third kappa shape index (κ3) is 3.49. The van der Waals surface area contributed by atoms with Crippen LogP contribution in [0.3, 0.4) is 0 Å². The summed E-state index contributed by atoms with van der Waals surface area (Å²) in [6.45, 7) is 1.01. The lowest BCUT2D eigenvalue weighted by Crippen LogP contribution is -2.14. The first-order valence-corrected chi connectivity index (χ1v) is 8.03. The molecule has 0 radical (unpaired) electrons. The molecule has 2 rings (SSSR count). The van der Waals surface area contributed by atoms with Gasteiger partial charge >= 0.3 is 5.97 Å². The molecular weight excluding hydrogens is 278 g/mol. The second-order valence-electron chi connectivity index (χ2n) is 4.57. The molecule has 19 heavy (non-hydrogen) atoms. The maximum absolute atomic E-state index is 11.3. The van der Waals surface area contributed by atoms with Crippen molar-refractivity contribution in [3.8, 4) is 0 Å². The van der Waals surface area contributed by atoms with E-state index < -0.39 is 5.97 Å². The highest BCUT2D eigenvalue weighted by Crippen LogP contribution is 2.33. The van der Waals surface area contributed by atoms with Gasteiger partial charge in [-0.05, 0) is 31.1 Å². The molecule has 1 aromatic heterocycles. The molecule has 0 fully saturated rings. The molecule has 0 aliphatic heterocycles. The number of hydrogen-bond acceptors (Lipinski definition) is 4. The highest BCUT2D eigenvalue weighted by molar-refractivity contribution is 7.98. The van der Waals surface area contributed by atoms with Crippen molar-refractivity contribution in [2.24, 2.45) is 0 Å². The minimum Gasteiger partial charge on any atom is -0.477 e. The molecule has 0 saturated heterocycles. The van der Waals surface area contributed by atoms with Gasteiger partial charge in [0.2, 0.25) is 0 Å². The average Bonchev–Trinajstić information content (AvgIpc) is 2.73. The Kier molecular flexibility index (Phi) is 4.85. The smallest absolute Gasteiger partial charge is 0.346 e. The molecule has 0 spiro atoms. The summed E-state index contributed by atoms with van der Waals surface area (Å²) in [6, 6.07) is 7.92. The fourth-order valence-corrected chi connectivity index (χ4v) is 4.13. The molecule has 0 unspecified atom stereocenters. The maximum atomic E-state index is 11.3. The molecule has 2 aromatic rings. The van der Waals surface area contributed by atoms with Crippen LogP contribution in [0.1, 0.15) is 15.2 Å². The molecule has 0 atom stereocenters. The van der Waals surface area contributed by atoms with Crippen LogP contribution in [0.4, 0.5) is 0 Å². The summed E-state index contributed by atoms with van der Waals surface area (Å²) in [7, 11) is 4.09. The molecule has 0 amide bonds. The Morgan fingerprint density at radius 3 is 2.79 bits per heavy atom. The van der Waals surface area contributed by atoms with E-state index in [1.165, 1.54) is 11.3 Å². The van der Waals surface area contributed by atoms with E-state index in [1.807, 2.05) is 38.4 Å². The van der Waals surface area contributed by atoms with Gasteiger partial charge in [-0.1, -0.05) is 18.2 Å². The molecule has 1 N–H and O–H groups in total. The molecule has 1 aromatic carbocycles. The third-order valence-corrected chi connectivity index (χ3v) is 4.99. The number of thioether (sulfide) groups is 1. The van der Waals surface area contributed by atoms with Gasteiger partial charge in [0, 0.05) is 22.8 Å². The zero-order valence-electron chi connectivity index (χ0n) is 11.0. The molecule has 0 aliphatic carbocycles. The van der Waals surface area contributed by atoms with E-state index in [1.54, 1.807) is 11.8 Å². The Morgan fingerprint density at radius 1 is 1.37 bits per heavy atom. The summed E-state index contributed by atoms with van der Waals surface area (Å²) in [5.41, 5.74) is 0.969. The summed E-state index contributed by atoms with van der Waals surface area (Å²) in [6.07, 6.45) is 0. The van der Waals surface area contributed by atoms with Gasteiger partial charge in [-0.2, -0.15) is 11.8 Å². The number of hydrogen-bond donors (Lipinski definition) is 1. The molecule has 0 bridgehead atoms. The number of rotatable bonds is 6. The van der Waals surface area contributed by atoms with Gasteiger partial charge in [-0.25, -0.2) is 4.79 Å². The largest absolute Gasteiger partial charge is 0.477 e. The zero-order valence-corrected chi connectivity index (χ0v) is 12.7. The number of carboxylic acids is 1. The lowest BCUT2D eigenvalue weighted by Gasteiger charge is -2.08. The summed E-state index contributed by atoms with van der Waals surface area (Å²) >= 11 is 3.16. The molecule has 3 nitrogen and oxygen atoms in total. The van der Waals surface area contributed by atoms with Gasteiger partial charge in [-0.15, -0.1) is 11.3 Å². The Bertz CT molecular complexity index is 578. The first-order valence-electron chi connectivity index (χ1n) is 6.05. The van der Waals surface area contributed by atoms with Gasteiger partial charge in [0.05, 0.1) is 0 Å². The lowest BCUT2D eigenvalue weighted by atomic mass is 10.1. The second-order valence-corrected chi connectivity index (χ2v) is 6.72. The number of nitrogens with zero attached hydrogens (tertiary/aromatic N) is 1. The first kappa shape index (κ1) is 14.4. The topological polar surface area (TPSA) is 40.5 Å². The monoisotopic (exact) mass is 295 g/mol. The van der Waals surface area contributed by atoms with Crippen LogP contribution < -0.4 is 0 Å². The SMILES string of the molecule is CN(C)CCSCc1c(C(=O)O)sc2ccccc12. The van der Waals surface area contributed by atoms with E-state index in [0.717, 1.165) is 33.7 Å². The van der Waals surface area contributed by atoms with E-state index in [9.17, 15) is 9.90 Å².